The minimum atomic E-state index is -0.212. The second-order valence-corrected chi connectivity index (χ2v) is 5.05. The molecule has 2 aromatic rings. The fourth-order valence-corrected chi connectivity index (χ4v) is 1.79. The van der Waals surface area contributed by atoms with Crippen molar-refractivity contribution >= 4 is 17.8 Å². The van der Waals surface area contributed by atoms with Crippen molar-refractivity contribution in [3.63, 3.8) is 0 Å². The van der Waals surface area contributed by atoms with E-state index in [1.807, 2.05) is 62.3 Å². The normalized spacial score (nSPS) is 10.6. The molecule has 0 radical (unpaired) electrons. The van der Waals surface area contributed by atoms with Gasteiger partial charge in [-0.25, -0.2) is 5.43 Å². The van der Waals surface area contributed by atoms with Crippen LogP contribution in [0.2, 0.25) is 0 Å². The van der Waals surface area contributed by atoms with E-state index in [-0.39, 0.29) is 5.91 Å². The summed E-state index contributed by atoms with van der Waals surface area (Å²) in [6, 6.07) is 15.3. The van der Waals surface area contributed by atoms with Crippen LogP contribution in [-0.4, -0.2) is 26.2 Å². The van der Waals surface area contributed by atoms with Gasteiger partial charge in [-0.2, -0.15) is 5.10 Å². The van der Waals surface area contributed by atoms with Gasteiger partial charge in [0.1, 0.15) is 0 Å². The molecule has 0 aliphatic rings. The molecule has 0 unspecified atom stereocenters. The summed E-state index contributed by atoms with van der Waals surface area (Å²) in [6.45, 7) is 1.98. The first-order valence-corrected chi connectivity index (χ1v) is 6.74. The van der Waals surface area contributed by atoms with Crippen molar-refractivity contribution in [1.82, 2.24) is 5.43 Å². The zero-order valence-electron chi connectivity index (χ0n) is 12.5. The first-order valence-electron chi connectivity index (χ1n) is 6.74. The quantitative estimate of drug-likeness (QED) is 0.692. The Morgan fingerprint density at radius 2 is 1.67 bits per heavy atom. The molecular formula is C17H19N3O. The molecule has 0 saturated heterocycles. The highest BCUT2D eigenvalue weighted by Gasteiger charge is 2.02. The SMILES string of the molecule is Cc1ccc(C(=O)N/N=C/c2ccc(N(C)C)cc2)cc1. The molecule has 0 atom stereocenters. The summed E-state index contributed by atoms with van der Waals surface area (Å²) in [5.41, 5.74) is 6.30. The van der Waals surface area contributed by atoms with Crippen LogP contribution in [0, 0.1) is 6.92 Å². The van der Waals surface area contributed by atoms with Gasteiger partial charge in [0.2, 0.25) is 0 Å². The van der Waals surface area contributed by atoms with E-state index < -0.39 is 0 Å². The van der Waals surface area contributed by atoms with E-state index in [0.717, 1.165) is 16.8 Å². The molecule has 108 valence electrons. The van der Waals surface area contributed by atoms with E-state index in [4.69, 9.17) is 0 Å². The Morgan fingerprint density at radius 3 is 2.24 bits per heavy atom. The Morgan fingerprint density at radius 1 is 1.05 bits per heavy atom. The monoisotopic (exact) mass is 281 g/mol. The summed E-state index contributed by atoms with van der Waals surface area (Å²) in [5, 5.41) is 3.98. The summed E-state index contributed by atoms with van der Waals surface area (Å²) < 4.78 is 0. The number of hydrazone groups is 1. The lowest BCUT2D eigenvalue weighted by Gasteiger charge is -2.11. The minimum Gasteiger partial charge on any atom is -0.378 e. The highest BCUT2D eigenvalue weighted by Crippen LogP contribution is 2.10. The first-order chi connectivity index (χ1) is 10.1. The van der Waals surface area contributed by atoms with E-state index in [0.29, 0.717) is 5.56 Å². The van der Waals surface area contributed by atoms with Crippen LogP contribution < -0.4 is 10.3 Å². The number of nitrogens with zero attached hydrogens (tertiary/aromatic N) is 2. The number of carbonyl (C=O) groups excluding carboxylic acids is 1. The molecule has 0 aliphatic carbocycles. The van der Waals surface area contributed by atoms with Gasteiger partial charge in [-0.1, -0.05) is 29.8 Å². The molecule has 2 rings (SSSR count). The van der Waals surface area contributed by atoms with Crippen LogP contribution in [0.25, 0.3) is 0 Å². The molecular weight excluding hydrogens is 262 g/mol. The number of aryl methyl sites for hydroxylation is 1. The Hall–Kier alpha value is -2.62. The largest absolute Gasteiger partial charge is 0.378 e. The molecule has 21 heavy (non-hydrogen) atoms. The lowest BCUT2D eigenvalue weighted by Crippen LogP contribution is -2.17. The maximum atomic E-state index is 11.9. The Labute approximate surface area is 125 Å². The van der Waals surface area contributed by atoms with Gasteiger partial charge in [-0.3, -0.25) is 4.79 Å². The summed E-state index contributed by atoms with van der Waals surface area (Å²) in [5.74, 6) is -0.212. The van der Waals surface area contributed by atoms with Crippen molar-refractivity contribution in [1.29, 1.82) is 0 Å². The highest BCUT2D eigenvalue weighted by atomic mass is 16.2. The third kappa shape index (κ3) is 4.18. The van der Waals surface area contributed by atoms with Crippen molar-refractivity contribution in [2.45, 2.75) is 6.92 Å². The number of nitrogens with one attached hydrogen (secondary N) is 1. The van der Waals surface area contributed by atoms with Crippen LogP contribution in [-0.2, 0) is 0 Å². The van der Waals surface area contributed by atoms with Gasteiger partial charge in [0.05, 0.1) is 6.21 Å². The minimum absolute atomic E-state index is 0.212. The third-order valence-electron chi connectivity index (χ3n) is 3.10. The standard InChI is InChI=1S/C17H19N3O/c1-13-4-8-15(9-5-13)17(21)19-18-12-14-6-10-16(11-7-14)20(2)3/h4-12H,1-3H3,(H,19,21)/b18-12+. The molecule has 1 amide bonds. The van der Waals surface area contributed by atoms with Crippen molar-refractivity contribution < 1.29 is 4.79 Å². The average Bonchev–Trinajstić information content (AvgIpc) is 2.48. The summed E-state index contributed by atoms with van der Waals surface area (Å²) in [7, 11) is 3.98. The second-order valence-electron chi connectivity index (χ2n) is 5.05. The predicted octanol–water partition coefficient (Wildman–Crippen LogP) is 2.82. The lowest BCUT2D eigenvalue weighted by atomic mass is 10.1. The smallest absolute Gasteiger partial charge is 0.271 e. The number of benzene rings is 2. The fourth-order valence-electron chi connectivity index (χ4n) is 1.79. The van der Waals surface area contributed by atoms with E-state index >= 15 is 0 Å². The third-order valence-corrected chi connectivity index (χ3v) is 3.10. The van der Waals surface area contributed by atoms with Gasteiger partial charge in [0.15, 0.2) is 0 Å². The average molecular weight is 281 g/mol. The van der Waals surface area contributed by atoms with Crippen molar-refractivity contribution in [2.24, 2.45) is 5.10 Å². The predicted molar refractivity (Wildman–Crippen MR) is 87.0 cm³/mol. The Bertz CT molecular complexity index is 628. The molecule has 0 spiro atoms. The lowest BCUT2D eigenvalue weighted by molar-refractivity contribution is 0.0955. The number of amides is 1. The van der Waals surface area contributed by atoms with Crippen LogP contribution in [0.5, 0.6) is 0 Å². The molecule has 0 fully saturated rings. The summed E-state index contributed by atoms with van der Waals surface area (Å²) in [4.78, 5) is 13.9. The molecule has 0 heterocycles. The van der Waals surface area contributed by atoms with E-state index in [9.17, 15) is 4.79 Å². The molecule has 4 nitrogen and oxygen atoms in total. The molecule has 0 aromatic heterocycles. The Kier molecular flexibility index (Phi) is 4.72. The van der Waals surface area contributed by atoms with Gasteiger partial charge in [-0.15, -0.1) is 0 Å². The number of hydrogen-bond acceptors (Lipinski definition) is 3. The van der Waals surface area contributed by atoms with Crippen molar-refractivity contribution in [3.05, 3.63) is 65.2 Å². The van der Waals surface area contributed by atoms with Crippen molar-refractivity contribution in [2.75, 3.05) is 19.0 Å². The summed E-state index contributed by atoms with van der Waals surface area (Å²) in [6.07, 6.45) is 1.63. The van der Waals surface area contributed by atoms with Gasteiger partial charge in [0.25, 0.3) is 5.91 Å². The number of hydrogen-bond donors (Lipinski definition) is 1. The molecule has 0 saturated carbocycles. The topological polar surface area (TPSA) is 44.7 Å². The van der Waals surface area contributed by atoms with Crippen LogP contribution >= 0.6 is 0 Å². The van der Waals surface area contributed by atoms with Crippen molar-refractivity contribution in [3.8, 4) is 0 Å². The van der Waals surface area contributed by atoms with Crippen LogP contribution in [0.1, 0.15) is 21.5 Å². The van der Waals surface area contributed by atoms with Gasteiger partial charge < -0.3 is 4.90 Å². The molecule has 4 heteroatoms. The first kappa shape index (κ1) is 14.8. The molecule has 0 bridgehead atoms. The zero-order valence-corrected chi connectivity index (χ0v) is 12.5. The number of rotatable bonds is 4. The van der Waals surface area contributed by atoms with Gasteiger partial charge in [0, 0.05) is 25.3 Å². The molecule has 1 N–H and O–H groups in total. The van der Waals surface area contributed by atoms with E-state index in [2.05, 4.69) is 10.5 Å². The zero-order chi connectivity index (χ0) is 15.2. The molecule has 2 aromatic carbocycles. The van der Waals surface area contributed by atoms with Gasteiger partial charge in [-0.05, 0) is 36.8 Å². The fraction of sp³-hybridized carbons (Fsp3) is 0.176. The molecule has 0 aliphatic heterocycles. The number of anilines is 1. The van der Waals surface area contributed by atoms with E-state index in [1.54, 1.807) is 18.3 Å². The highest BCUT2D eigenvalue weighted by molar-refractivity contribution is 5.94. The summed E-state index contributed by atoms with van der Waals surface area (Å²) >= 11 is 0. The van der Waals surface area contributed by atoms with Crippen LogP contribution in [0.15, 0.2) is 53.6 Å². The van der Waals surface area contributed by atoms with Crippen LogP contribution in [0.3, 0.4) is 0 Å². The maximum Gasteiger partial charge on any atom is 0.271 e. The Balaban J connectivity index is 1.95. The number of carbonyl (C=O) groups is 1. The second kappa shape index (κ2) is 6.70. The van der Waals surface area contributed by atoms with Crippen LogP contribution in [0.4, 0.5) is 5.69 Å². The van der Waals surface area contributed by atoms with Gasteiger partial charge >= 0.3 is 0 Å². The van der Waals surface area contributed by atoms with E-state index in [1.165, 1.54) is 0 Å². The maximum absolute atomic E-state index is 11.9.